The van der Waals surface area contributed by atoms with E-state index in [1.54, 1.807) is 18.0 Å². The smallest absolute Gasteiger partial charge is 0.192 e. The van der Waals surface area contributed by atoms with E-state index in [0.717, 1.165) is 22.4 Å². The molecule has 3 aromatic rings. The monoisotopic (exact) mass is 364 g/mol. The van der Waals surface area contributed by atoms with Crippen LogP contribution in [0.4, 0.5) is 0 Å². The van der Waals surface area contributed by atoms with E-state index in [2.05, 4.69) is 71.4 Å². The fourth-order valence-corrected chi connectivity index (χ4v) is 3.53. The molecule has 1 aromatic carbocycles. The van der Waals surface area contributed by atoms with Gasteiger partial charge in [0.2, 0.25) is 0 Å². The zero-order valence-electron chi connectivity index (χ0n) is 15.5. The van der Waals surface area contributed by atoms with Gasteiger partial charge in [0.15, 0.2) is 11.0 Å². The molecule has 134 valence electrons. The highest BCUT2D eigenvalue weighted by Crippen LogP contribution is 2.27. The summed E-state index contributed by atoms with van der Waals surface area (Å²) in [5, 5.41) is 9.60. The third kappa shape index (κ3) is 4.22. The topological polar surface area (TPSA) is 43.6 Å². The van der Waals surface area contributed by atoms with Crippen LogP contribution in [0.3, 0.4) is 0 Å². The molecule has 0 N–H and O–H groups in total. The van der Waals surface area contributed by atoms with Crippen molar-refractivity contribution in [2.24, 2.45) is 0 Å². The molecule has 0 fully saturated rings. The average molecular weight is 365 g/mol. The van der Waals surface area contributed by atoms with Crippen LogP contribution in [0.15, 0.2) is 66.5 Å². The van der Waals surface area contributed by atoms with Crippen LogP contribution in [0.1, 0.15) is 31.9 Å². The fraction of sp³-hybridized carbons (Fsp3) is 0.286. The molecule has 0 amide bonds. The minimum Gasteiger partial charge on any atom is -0.297 e. The van der Waals surface area contributed by atoms with Crippen molar-refractivity contribution in [1.82, 2.24) is 19.7 Å². The largest absolute Gasteiger partial charge is 0.297 e. The first-order valence-corrected chi connectivity index (χ1v) is 9.65. The number of benzene rings is 1. The molecule has 2 aromatic heterocycles. The van der Waals surface area contributed by atoms with E-state index in [1.165, 1.54) is 11.1 Å². The normalized spacial score (nSPS) is 11.5. The van der Waals surface area contributed by atoms with Crippen molar-refractivity contribution in [2.45, 2.75) is 43.6 Å². The lowest BCUT2D eigenvalue weighted by Gasteiger charge is -2.19. The fourth-order valence-electron chi connectivity index (χ4n) is 2.62. The van der Waals surface area contributed by atoms with Crippen molar-refractivity contribution in [1.29, 1.82) is 0 Å². The summed E-state index contributed by atoms with van der Waals surface area (Å²) in [7, 11) is 0. The highest BCUT2D eigenvalue weighted by molar-refractivity contribution is 7.98. The van der Waals surface area contributed by atoms with Gasteiger partial charge in [0.1, 0.15) is 5.69 Å². The van der Waals surface area contributed by atoms with E-state index >= 15 is 0 Å². The van der Waals surface area contributed by atoms with Crippen LogP contribution in [0.2, 0.25) is 0 Å². The van der Waals surface area contributed by atoms with Gasteiger partial charge in [-0.1, -0.05) is 68.9 Å². The molecule has 0 unspecified atom stereocenters. The predicted molar refractivity (Wildman–Crippen MR) is 108 cm³/mol. The summed E-state index contributed by atoms with van der Waals surface area (Å²) >= 11 is 1.68. The second kappa shape index (κ2) is 7.87. The van der Waals surface area contributed by atoms with Gasteiger partial charge >= 0.3 is 0 Å². The lowest BCUT2D eigenvalue weighted by atomic mass is 9.87. The summed E-state index contributed by atoms with van der Waals surface area (Å²) in [6.07, 6.45) is 3.63. The molecule has 4 nitrogen and oxygen atoms in total. The van der Waals surface area contributed by atoms with Crippen LogP contribution in [0.5, 0.6) is 0 Å². The molecule has 0 aliphatic rings. The molecule has 2 heterocycles. The molecule has 0 aliphatic carbocycles. The maximum Gasteiger partial charge on any atom is 0.192 e. The van der Waals surface area contributed by atoms with Gasteiger partial charge in [0.25, 0.3) is 0 Å². The third-order valence-electron chi connectivity index (χ3n) is 4.11. The van der Waals surface area contributed by atoms with Gasteiger partial charge in [-0.3, -0.25) is 9.55 Å². The Labute approximate surface area is 159 Å². The SMILES string of the molecule is C=CCn1c(SCc2ccc(C(C)(C)C)cc2)nnc1-c1ccccn1. The molecule has 0 atom stereocenters. The summed E-state index contributed by atoms with van der Waals surface area (Å²) in [5.41, 5.74) is 3.62. The lowest BCUT2D eigenvalue weighted by Crippen LogP contribution is -2.10. The zero-order chi connectivity index (χ0) is 18.6. The van der Waals surface area contributed by atoms with Crippen molar-refractivity contribution in [2.75, 3.05) is 0 Å². The maximum absolute atomic E-state index is 4.39. The Hall–Kier alpha value is -2.40. The second-order valence-corrected chi connectivity index (χ2v) is 8.10. The molecule has 0 saturated heterocycles. The highest BCUT2D eigenvalue weighted by atomic mass is 32.2. The van der Waals surface area contributed by atoms with Crippen molar-refractivity contribution < 1.29 is 0 Å². The Balaban J connectivity index is 1.78. The van der Waals surface area contributed by atoms with Crippen molar-refractivity contribution in [3.63, 3.8) is 0 Å². The Bertz CT molecular complexity index is 861. The van der Waals surface area contributed by atoms with E-state index in [1.807, 2.05) is 24.3 Å². The Morgan fingerprint density at radius 1 is 1.08 bits per heavy atom. The van der Waals surface area contributed by atoms with Gasteiger partial charge < -0.3 is 0 Å². The molecule has 0 bridgehead atoms. The van der Waals surface area contributed by atoms with Gasteiger partial charge in [-0.15, -0.1) is 16.8 Å². The first kappa shape index (κ1) is 18.4. The van der Waals surface area contributed by atoms with E-state index in [-0.39, 0.29) is 5.41 Å². The molecule has 26 heavy (non-hydrogen) atoms. The predicted octanol–water partition coefficient (Wildman–Crippen LogP) is 5.12. The van der Waals surface area contributed by atoms with E-state index in [9.17, 15) is 0 Å². The Morgan fingerprint density at radius 3 is 2.46 bits per heavy atom. The van der Waals surface area contributed by atoms with Crippen LogP contribution < -0.4 is 0 Å². The lowest BCUT2D eigenvalue weighted by molar-refractivity contribution is 0.590. The number of thioether (sulfide) groups is 1. The quantitative estimate of drug-likeness (QED) is 0.450. The van der Waals surface area contributed by atoms with Gasteiger partial charge in [0, 0.05) is 18.5 Å². The Kier molecular flexibility index (Phi) is 5.57. The van der Waals surface area contributed by atoms with Crippen LogP contribution >= 0.6 is 11.8 Å². The number of nitrogens with zero attached hydrogens (tertiary/aromatic N) is 4. The van der Waals surface area contributed by atoms with Gasteiger partial charge in [-0.05, 0) is 28.7 Å². The van der Waals surface area contributed by atoms with Crippen LogP contribution in [0, 0.1) is 0 Å². The Morgan fingerprint density at radius 2 is 1.85 bits per heavy atom. The summed E-state index contributed by atoms with van der Waals surface area (Å²) < 4.78 is 2.06. The van der Waals surface area contributed by atoms with Crippen molar-refractivity contribution >= 4 is 11.8 Å². The zero-order valence-corrected chi connectivity index (χ0v) is 16.3. The molecule has 0 radical (unpaired) electrons. The van der Waals surface area contributed by atoms with E-state index < -0.39 is 0 Å². The molecular formula is C21H24N4S. The minimum absolute atomic E-state index is 0.174. The standard InChI is InChI=1S/C21H24N4S/c1-5-14-25-19(18-8-6-7-13-22-18)23-24-20(25)26-15-16-9-11-17(12-10-16)21(2,3)4/h5-13H,1,14-15H2,2-4H3. The molecule has 0 aliphatic heterocycles. The molecule has 5 heteroatoms. The van der Waals surface area contributed by atoms with Crippen molar-refractivity contribution in [3.05, 3.63) is 72.4 Å². The minimum atomic E-state index is 0.174. The molecular weight excluding hydrogens is 340 g/mol. The number of aromatic nitrogens is 4. The van der Waals surface area contributed by atoms with E-state index in [0.29, 0.717) is 6.54 Å². The summed E-state index contributed by atoms with van der Waals surface area (Å²) in [5.74, 6) is 1.62. The van der Waals surface area contributed by atoms with E-state index in [4.69, 9.17) is 0 Å². The van der Waals surface area contributed by atoms with Gasteiger partial charge in [-0.25, -0.2) is 0 Å². The van der Waals surface area contributed by atoms with Gasteiger partial charge in [0.05, 0.1) is 0 Å². The highest BCUT2D eigenvalue weighted by Gasteiger charge is 2.15. The molecule has 3 rings (SSSR count). The van der Waals surface area contributed by atoms with Crippen molar-refractivity contribution in [3.8, 4) is 11.5 Å². The third-order valence-corrected chi connectivity index (χ3v) is 5.15. The molecule has 0 spiro atoms. The summed E-state index contributed by atoms with van der Waals surface area (Å²) in [6.45, 7) is 11.2. The second-order valence-electron chi connectivity index (χ2n) is 7.16. The van der Waals surface area contributed by atoms with Crippen LogP contribution in [0.25, 0.3) is 11.5 Å². The number of hydrogen-bond donors (Lipinski definition) is 0. The summed E-state index contributed by atoms with van der Waals surface area (Å²) in [6, 6.07) is 14.6. The first-order valence-electron chi connectivity index (χ1n) is 8.67. The summed E-state index contributed by atoms with van der Waals surface area (Å²) in [4.78, 5) is 4.39. The van der Waals surface area contributed by atoms with Gasteiger partial charge in [-0.2, -0.15) is 0 Å². The first-order chi connectivity index (χ1) is 12.5. The number of pyridine rings is 1. The number of rotatable bonds is 6. The average Bonchev–Trinajstić information content (AvgIpc) is 3.03. The molecule has 0 saturated carbocycles. The maximum atomic E-state index is 4.39. The number of allylic oxidation sites excluding steroid dienone is 1. The van der Waals surface area contributed by atoms with Crippen LogP contribution in [-0.4, -0.2) is 19.7 Å². The number of hydrogen-bond acceptors (Lipinski definition) is 4. The van der Waals surface area contributed by atoms with Crippen LogP contribution in [-0.2, 0) is 17.7 Å².